The van der Waals surface area contributed by atoms with Gasteiger partial charge in [-0.05, 0) is 19.9 Å². The van der Waals surface area contributed by atoms with E-state index in [1.165, 1.54) is 12.5 Å². The van der Waals surface area contributed by atoms with E-state index >= 15 is 0 Å². The molecule has 4 rings (SSSR count). The van der Waals surface area contributed by atoms with Gasteiger partial charge in [0.1, 0.15) is 24.0 Å². The maximum Gasteiger partial charge on any atom is 0.334 e. The Labute approximate surface area is 173 Å². The van der Waals surface area contributed by atoms with E-state index in [0.717, 1.165) is 6.33 Å². The van der Waals surface area contributed by atoms with Crippen molar-refractivity contribution in [1.82, 2.24) is 34.7 Å². The molecule has 0 amide bonds. The molecule has 0 aromatic carbocycles. The van der Waals surface area contributed by atoms with Crippen LogP contribution >= 0.6 is 11.6 Å². The van der Waals surface area contributed by atoms with Crippen molar-refractivity contribution < 1.29 is 13.5 Å². The molecule has 4 aromatic rings. The van der Waals surface area contributed by atoms with Crippen LogP contribution in [0, 0.1) is 6.92 Å². The van der Waals surface area contributed by atoms with Gasteiger partial charge in [0, 0.05) is 11.8 Å². The minimum Gasteiger partial charge on any atom is -0.480 e. The standard InChI is InChI=1S/C18H15ClF2N8O/c1-8-11(19)3-10(4-23-8)14-15-13(16(22)26-6-25-15)12(5-24-14)30-9(2)17-27-7-29(28-17)18(20)21/h3-7,9,18H,1-2H3,(H2,22,25,26)/t9-/m0/s1. The number of alkyl halides is 2. The molecule has 2 N–H and O–H groups in total. The number of pyridine rings is 2. The lowest BCUT2D eigenvalue weighted by Crippen LogP contribution is -2.09. The topological polar surface area (TPSA) is 118 Å². The van der Waals surface area contributed by atoms with Gasteiger partial charge in [-0.2, -0.15) is 13.5 Å². The number of anilines is 1. The van der Waals surface area contributed by atoms with Gasteiger partial charge in [-0.25, -0.2) is 19.9 Å². The van der Waals surface area contributed by atoms with E-state index in [2.05, 4.69) is 30.0 Å². The molecule has 4 aromatic heterocycles. The second-order valence-corrected chi connectivity index (χ2v) is 6.77. The number of hydrogen-bond donors (Lipinski definition) is 1. The van der Waals surface area contributed by atoms with Crippen molar-refractivity contribution in [1.29, 1.82) is 0 Å². The fourth-order valence-corrected chi connectivity index (χ4v) is 2.98. The Bertz CT molecular complexity index is 1230. The Morgan fingerprint density at radius 2 is 1.93 bits per heavy atom. The Hall–Kier alpha value is -3.47. The smallest absolute Gasteiger partial charge is 0.334 e. The maximum absolute atomic E-state index is 12.8. The minimum absolute atomic E-state index is 0.0810. The lowest BCUT2D eigenvalue weighted by atomic mass is 10.1. The highest BCUT2D eigenvalue weighted by molar-refractivity contribution is 6.31. The third-order valence-corrected chi connectivity index (χ3v) is 4.73. The van der Waals surface area contributed by atoms with Crippen LogP contribution in [0.4, 0.5) is 14.6 Å². The van der Waals surface area contributed by atoms with Gasteiger partial charge >= 0.3 is 6.55 Å². The summed E-state index contributed by atoms with van der Waals surface area (Å²) in [6.07, 6.45) is 4.57. The predicted molar refractivity (Wildman–Crippen MR) is 105 cm³/mol. The van der Waals surface area contributed by atoms with E-state index in [9.17, 15) is 8.78 Å². The molecule has 0 radical (unpaired) electrons. The van der Waals surface area contributed by atoms with Gasteiger partial charge < -0.3 is 10.5 Å². The second kappa shape index (κ2) is 7.75. The van der Waals surface area contributed by atoms with Crippen LogP contribution in [0.5, 0.6) is 5.75 Å². The number of halogens is 3. The average molecular weight is 433 g/mol. The van der Waals surface area contributed by atoms with Crippen LogP contribution in [0.15, 0.2) is 31.1 Å². The zero-order valence-corrected chi connectivity index (χ0v) is 16.5. The van der Waals surface area contributed by atoms with Crippen molar-refractivity contribution in [2.24, 2.45) is 0 Å². The summed E-state index contributed by atoms with van der Waals surface area (Å²) in [4.78, 5) is 20.9. The lowest BCUT2D eigenvalue weighted by molar-refractivity contribution is 0.0550. The number of nitrogens with zero attached hydrogens (tertiary/aromatic N) is 7. The highest BCUT2D eigenvalue weighted by Crippen LogP contribution is 2.36. The first-order chi connectivity index (χ1) is 14.3. The van der Waals surface area contributed by atoms with Crippen molar-refractivity contribution >= 4 is 28.3 Å². The van der Waals surface area contributed by atoms with Crippen molar-refractivity contribution in [2.75, 3.05) is 5.73 Å². The van der Waals surface area contributed by atoms with Gasteiger partial charge in [0.15, 0.2) is 17.7 Å². The molecule has 9 nitrogen and oxygen atoms in total. The van der Waals surface area contributed by atoms with Gasteiger partial charge in [-0.3, -0.25) is 4.98 Å². The minimum atomic E-state index is -2.79. The van der Waals surface area contributed by atoms with Crippen LogP contribution in [0.25, 0.3) is 22.2 Å². The Balaban J connectivity index is 1.77. The summed E-state index contributed by atoms with van der Waals surface area (Å²) in [7, 11) is 0. The number of aryl methyl sites for hydroxylation is 1. The zero-order valence-electron chi connectivity index (χ0n) is 15.8. The van der Waals surface area contributed by atoms with Gasteiger partial charge in [-0.1, -0.05) is 11.6 Å². The summed E-state index contributed by atoms with van der Waals surface area (Å²) < 4.78 is 31.8. The fourth-order valence-electron chi connectivity index (χ4n) is 2.82. The van der Waals surface area contributed by atoms with Crippen LogP contribution in [0.1, 0.15) is 31.1 Å². The molecular weight excluding hydrogens is 418 g/mol. The molecule has 0 bridgehead atoms. The number of nitrogens with two attached hydrogens (primary N) is 1. The number of ether oxygens (including phenoxy) is 1. The molecule has 0 saturated carbocycles. The molecule has 154 valence electrons. The van der Waals surface area contributed by atoms with E-state index in [1.54, 1.807) is 26.1 Å². The first kappa shape index (κ1) is 19.8. The SMILES string of the molecule is Cc1ncc(-c2ncc(O[C@@H](C)c3ncn(C(F)F)n3)c3c(N)ncnc23)cc1Cl. The molecule has 1 atom stereocenters. The maximum atomic E-state index is 12.8. The molecule has 0 spiro atoms. The van der Waals surface area contributed by atoms with E-state index in [4.69, 9.17) is 22.1 Å². The molecular formula is C18H15ClF2N8O. The number of fused-ring (bicyclic) bond motifs is 1. The quantitative estimate of drug-likeness (QED) is 0.506. The summed E-state index contributed by atoms with van der Waals surface area (Å²) in [6.45, 7) is 0.618. The molecule has 0 unspecified atom stereocenters. The normalized spacial score (nSPS) is 12.5. The third-order valence-electron chi connectivity index (χ3n) is 4.35. The zero-order chi connectivity index (χ0) is 21.4. The number of nitrogen functional groups attached to an aromatic ring is 1. The highest BCUT2D eigenvalue weighted by Gasteiger charge is 2.20. The summed E-state index contributed by atoms with van der Waals surface area (Å²) in [6, 6.07) is 1.73. The molecule has 0 aliphatic heterocycles. The molecule has 0 saturated heterocycles. The van der Waals surface area contributed by atoms with E-state index in [0.29, 0.717) is 37.6 Å². The summed E-state index contributed by atoms with van der Waals surface area (Å²) in [5.41, 5.74) is 8.33. The summed E-state index contributed by atoms with van der Waals surface area (Å²) in [5, 5.41) is 4.62. The van der Waals surface area contributed by atoms with Gasteiger partial charge in [0.2, 0.25) is 0 Å². The molecule has 0 aliphatic carbocycles. The summed E-state index contributed by atoms with van der Waals surface area (Å²) >= 11 is 6.20. The van der Waals surface area contributed by atoms with Crippen LogP contribution in [0.3, 0.4) is 0 Å². The molecule has 12 heteroatoms. The first-order valence-corrected chi connectivity index (χ1v) is 9.10. The van der Waals surface area contributed by atoms with Crippen LogP contribution in [0.2, 0.25) is 5.02 Å². The van der Waals surface area contributed by atoms with Gasteiger partial charge in [0.25, 0.3) is 0 Å². The Morgan fingerprint density at radius 3 is 2.63 bits per heavy atom. The second-order valence-electron chi connectivity index (χ2n) is 6.37. The van der Waals surface area contributed by atoms with Crippen molar-refractivity contribution in [3.8, 4) is 17.0 Å². The highest BCUT2D eigenvalue weighted by atomic mass is 35.5. The van der Waals surface area contributed by atoms with Gasteiger partial charge in [0.05, 0.1) is 28.0 Å². The van der Waals surface area contributed by atoms with E-state index < -0.39 is 12.7 Å². The summed E-state index contributed by atoms with van der Waals surface area (Å²) in [5.74, 6) is 0.513. The third kappa shape index (κ3) is 3.59. The molecule has 4 heterocycles. The first-order valence-electron chi connectivity index (χ1n) is 8.72. The van der Waals surface area contributed by atoms with Crippen molar-refractivity contribution in [3.63, 3.8) is 0 Å². The average Bonchev–Trinajstić information content (AvgIpc) is 3.21. The van der Waals surface area contributed by atoms with Crippen molar-refractivity contribution in [3.05, 3.63) is 47.7 Å². The van der Waals surface area contributed by atoms with Gasteiger partial charge in [-0.15, -0.1) is 5.10 Å². The molecule has 0 fully saturated rings. The van der Waals surface area contributed by atoms with Crippen LogP contribution in [-0.2, 0) is 0 Å². The largest absolute Gasteiger partial charge is 0.480 e. The predicted octanol–water partition coefficient (Wildman–Crippen LogP) is 3.76. The van der Waals surface area contributed by atoms with E-state index in [-0.39, 0.29) is 17.4 Å². The molecule has 0 aliphatic rings. The Kier molecular flexibility index (Phi) is 5.12. The molecule has 30 heavy (non-hydrogen) atoms. The van der Waals surface area contributed by atoms with Crippen LogP contribution < -0.4 is 10.5 Å². The number of hydrogen-bond acceptors (Lipinski definition) is 8. The Morgan fingerprint density at radius 1 is 1.13 bits per heavy atom. The number of aromatic nitrogens is 7. The lowest BCUT2D eigenvalue weighted by Gasteiger charge is -2.15. The van der Waals surface area contributed by atoms with Crippen LogP contribution in [-0.4, -0.2) is 34.7 Å². The number of rotatable bonds is 5. The van der Waals surface area contributed by atoms with E-state index in [1.807, 2.05) is 0 Å². The van der Waals surface area contributed by atoms with Crippen molar-refractivity contribution in [2.45, 2.75) is 26.5 Å². The fraction of sp³-hybridized carbons (Fsp3) is 0.222. The monoisotopic (exact) mass is 432 g/mol.